The highest BCUT2D eigenvalue weighted by molar-refractivity contribution is 9.10. The summed E-state index contributed by atoms with van der Waals surface area (Å²) in [7, 11) is 0. The van der Waals surface area contributed by atoms with Crippen LogP contribution in [-0.4, -0.2) is 47.8 Å². The molecular weight excluding hydrogens is 464 g/mol. The molecule has 164 valence electrons. The third-order valence-corrected chi connectivity index (χ3v) is 7.62. The number of hydrogen-bond donors (Lipinski definition) is 0. The summed E-state index contributed by atoms with van der Waals surface area (Å²) in [6, 6.07) is 19.9. The number of piperidine rings is 1. The van der Waals surface area contributed by atoms with Gasteiger partial charge < -0.3 is 4.90 Å². The van der Waals surface area contributed by atoms with Gasteiger partial charge in [0, 0.05) is 27.5 Å². The molecule has 0 bridgehead atoms. The maximum Gasteiger partial charge on any atom is 0.261 e. The van der Waals surface area contributed by atoms with E-state index in [0.717, 1.165) is 43.2 Å². The van der Waals surface area contributed by atoms with E-state index >= 15 is 0 Å². The van der Waals surface area contributed by atoms with Gasteiger partial charge in [-0.2, -0.15) is 0 Å². The van der Waals surface area contributed by atoms with Crippen molar-refractivity contribution in [1.82, 2.24) is 9.80 Å². The van der Waals surface area contributed by atoms with Gasteiger partial charge in [-0.05, 0) is 80.4 Å². The zero-order valence-corrected chi connectivity index (χ0v) is 19.7. The number of imide groups is 1. The predicted molar refractivity (Wildman–Crippen MR) is 131 cm³/mol. The first kappa shape index (κ1) is 21.4. The first-order chi connectivity index (χ1) is 15.6. The Morgan fingerprint density at radius 3 is 2.06 bits per heavy atom. The van der Waals surface area contributed by atoms with Crippen molar-refractivity contribution >= 4 is 38.5 Å². The van der Waals surface area contributed by atoms with Crippen molar-refractivity contribution in [3.05, 3.63) is 81.8 Å². The smallest absolute Gasteiger partial charge is 0.261 e. The van der Waals surface area contributed by atoms with E-state index in [0.29, 0.717) is 23.6 Å². The van der Waals surface area contributed by atoms with Crippen LogP contribution in [0.1, 0.15) is 57.9 Å². The van der Waals surface area contributed by atoms with E-state index in [1.54, 1.807) is 0 Å². The molecule has 1 saturated heterocycles. The Kier molecular flexibility index (Phi) is 6.11. The number of likely N-dealkylation sites (tertiary alicyclic amines) is 1. The largest absolute Gasteiger partial charge is 0.303 e. The molecule has 0 N–H and O–H groups in total. The van der Waals surface area contributed by atoms with Gasteiger partial charge in [0.05, 0.1) is 0 Å². The van der Waals surface area contributed by atoms with Crippen molar-refractivity contribution in [3.63, 3.8) is 0 Å². The van der Waals surface area contributed by atoms with Gasteiger partial charge in [0.1, 0.15) is 0 Å². The first-order valence-electron chi connectivity index (χ1n) is 11.5. The minimum absolute atomic E-state index is 0.159. The third kappa shape index (κ3) is 4.00. The van der Waals surface area contributed by atoms with E-state index in [1.165, 1.54) is 27.8 Å². The van der Waals surface area contributed by atoms with Gasteiger partial charge in [-0.15, -0.1) is 0 Å². The minimum Gasteiger partial charge on any atom is -0.303 e. The molecule has 3 aromatic rings. The Balaban J connectivity index is 1.14. The van der Waals surface area contributed by atoms with Crippen molar-refractivity contribution in [2.24, 2.45) is 0 Å². The quantitative estimate of drug-likeness (QED) is 0.321. The van der Waals surface area contributed by atoms with Crippen LogP contribution in [0.5, 0.6) is 0 Å². The number of hydrogen-bond acceptors (Lipinski definition) is 3. The lowest BCUT2D eigenvalue weighted by molar-refractivity contribution is 0.0606. The number of halogens is 1. The Morgan fingerprint density at radius 1 is 0.781 bits per heavy atom. The summed E-state index contributed by atoms with van der Waals surface area (Å²) in [6.07, 6.45) is 4.17. The molecule has 0 saturated carbocycles. The molecule has 5 heteroatoms. The molecule has 5 rings (SSSR count). The van der Waals surface area contributed by atoms with Crippen LogP contribution in [0, 0.1) is 0 Å². The topological polar surface area (TPSA) is 40.6 Å². The van der Waals surface area contributed by atoms with Gasteiger partial charge in [-0.25, -0.2) is 0 Å². The van der Waals surface area contributed by atoms with Crippen molar-refractivity contribution in [3.8, 4) is 0 Å². The summed E-state index contributed by atoms with van der Waals surface area (Å²) in [5.74, 6) is 0.301. The molecule has 4 nitrogen and oxygen atoms in total. The molecule has 2 aliphatic heterocycles. The predicted octanol–water partition coefficient (Wildman–Crippen LogP) is 5.86. The minimum atomic E-state index is -0.159. The van der Waals surface area contributed by atoms with E-state index in [-0.39, 0.29) is 11.8 Å². The fourth-order valence-electron chi connectivity index (χ4n) is 5.16. The highest BCUT2D eigenvalue weighted by atomic mass is 79.9. The molecule has 2 amide bonds. The number of carbonyl (C=O) groups is 2. The average Bonchev–Trinajstić information content (AvgIpc) is 2.83. The molecule has 0 unspecified atom stereocenters. The molecule has 0 atom stereocenters. The van der Waals surface area contributed by atoms with Gasteiger partial charge in [0.15, 0.2) is 0 Å². The van der Waals surface area contributed by atoms with E-state index in [1.807, 2.05) is 36.4 Å². The monoisotopic (exact) mass is 490 g/mol. The lowest BCUT2D eigenvalue weighted by Gasteiger charge is -2.33. The summed E-state index contributed by atoms with van der Waals surface area (Å²) in [6.45, 7) is 3.70. The van der Waals surface area contributed by atoms with Crippen LogP contribution in [0.3, 0.4) is 0 Å². The molecule has 3 aromatic carbocycles. The van der Waals surface area contributed by atoms with Gasteiger partial charge in [-0.1, -0.05) is 58.4 Å². The number of nitrogens with zero attached hydrogens (tertiary/aromatic N) is 2. The van der Waals surface area contributed by atoms with Crippen molar-refractivity contribution in [2.45, 2.75) is 31.6 Å². The number of carbonyl (C=O) groups excluding carboxylic acids is 2. The van der Waals surface area contributed by atoms with Crippen LogP contribution in [0.4, 0.5) is 0 Å². The zero-order valence-electron chi connectivity index (χ0n) is 18.1. The fraction of sp³-hybridized carbons (Fsp3) is 0.333. The standard InChI is InChI=1S/C27H27BrN2O2/c28-24-12-2-1-9-21(24)19-13-17-29(18-14-19)15-3-4-16-30-26(31)22-10-5-7-20-8-6-11-23(25(20)22)27(30)32/h1-2,5-12,19H,3-4,13-18H2. The molecule has 2 heterocycles. The second kappa shape index (κ2) is 9.16. The molecule has 32 heavy (non-hydrogen) atoms. The molecule has 0 aliphatic carbocycles. The SMILES string of the molecule is O=C1c2cccc3cccc(c23)C(=O)N1CCCCN1CCC(c2ccccc2Br)CC1. The molecule has 1 fully saturated rings. The van der Waals surface area contributed by atoms with E-state index in [2.05, 4.69) is 45.1 Å². The molecule has 0 spiro atoms. The summed E-state index contributed by atoms with van der Waals surface area (Å²) in [5, 5.41) is 1.75. The summed E-state index contributed by atoms with van der Waals surface area (Å²) in [5.41, 5.74) is 2.71. The Bertz CT molecular complexity index is 1120. The Hall–Kier alpha value is -2.50. The summed E-state index contributed by atoms with van der Waals surface area (Å²) < 4.78 is 1.21. The van der Waals surface area contributed by atoms with E-state index in [4.69, 9.17) is 0 Å². The Morgan fingerprint density at radius 2 is 1.41 bits per heavy atom. The molecule has 2 aliphatic rings. The number of unbranched alkanes of at least 4 members (excludes halogenated alkanes) is 1. The summed E-state index contributed by atoms with van der Waals surface area (Å²) >= 11 is 3.69. The highest BCUT2D eigenvalue weighted by Crippen LogP contribution is 2.33. The first-order valence-corrected chi connectivity index (χ1v) is 12.3. The fourth-order valence-corrected chi connectivity index (χ4v) is 5.77. The molecule has 0 radical (unpaired) electrons. The van der Waals surface area contributed by atoms with Crippen LogP contribution in [0.15, 0.2) is 65.1 Å². The molecule has 0 aromatic heterocycles. The van der Waals surface area contributed by atoms with Gasteiger partial charge in [-0.3, -0.25) is 14.5 Å². The van der Waals surface area contributed by atoms with Crippen molar-refractivity contribution < 1.29 is 9.59 Å². The highest BCUT2D eigenvalue weighted by Gasteiger charge is 2.32. The lowest BCUT2D eigenvalue weighted by atomic mass is 9.89. The average molecular weight is 491 g/mol. The number of rotatable bonds is 6. The Labute approximate surface area is 197 Å². The number of benzene rings is 3. The van der Waals surface area contributed by atoms with Gasteiger partial charge in [0.2, 0.25) is 0 Å². The third-order valence-electron chi connectivity index (χ3n) is 6.89. The molecular formula is C27H27BrN2O2. The van der Waals surface area contributed by atoms with Crippen LogP contribution < -0.4 is 0 Å². The maximum atomic E-state index is 13.0. The van der Waals surface area contributed by atoms with Gasteiger partial charge in [0.25, 0.3) is 11.8 Å². The normalized spacial score (nSPS) is 17.3. The summed E-state index contributed by atoms with van der Waals surface area (Å²) in [4.78, 5) is 30.0. The van der Waals surface area contributed by atoms with Crippen molar-refractivity contribution in [1.29, 1.82) is 0 Å². The maximum absolute atomic E-state index is 13.0. The van der Waals surface area contributed by atoms with Gasteiger partial charge >= 0.3 is 0 Å². The van der Waals surface area contributed by atoms with E-state index < -0.39 is 0 Å². The number of amides is 2. The second-order valence-corrected chi connectivity index (χ2v) is 9.67. The van der Waals surface area contributed by atoms with Crippen LogP contribution >= 0.6 is 15.9 Å². The van der Waals surface area contributed by atoms with E-state index in [9.17, 15) is 9.59 Å². The second-order valence-electron chi connectivity index (χ2n) is 8.82. The van der Waals surface area contributed by atoms with Crippen molar-refractivity contribution in [2.75, 3.05) is 26.2 Å². The lowest BCUT2D eigenvalue weighted by Crippen LogP contribution is -2.41. The van der Waals surface area contributed by atoms with Crippen LogP contribution in [-0.2, 0) is 0 Å². The zero-order chi connectivity index (χ0) is 22.1. The van der Waals surface area contributed by atoms with Crippen LogP contribution in [0.25, 0.3) is 10.8 Å². The van der Waals surface area contributed by atoms with Crippen LogP contribution in [0.2, 0.25) is 0 Å².